The number of aryl methyl sites for hydroxylation is 1. The van der Waals surface area contributed by atoms with Crippen molar-refractivity contribution < 1.29 is 9.53 Å². The minimum atomic E-state index is -0.0175. The second kappa shape index (κ2) is 10.6. The van der Waals surface area contributed by atoms with E-state index >= 15 is 0 Å². The van der Waals surface area contributed by atoms with Crippen molar-refractivity contribution in [1.82, 2.24) is 10.3 Å². The SMILES string of the molecule is CNCCC(OCc1cccc(N2CCN(C)c3cc(C)ncc3C2=O)c1)c1ccccc1. The number of likely N-dealkylation sites (N-methyl/N-ethyl adjacent to an activating group) is 1. The average Bonchev–Trinajstić information content (AvgIpc) is 2.96. The highest BCUT2D eigenvalue weighted by molar-refractivity contribution is 6.10. The molecule has 0 fully saturated rings. The summed E-state index contributed by atoms with van der Waals surface area (Å²) in [6.45, 7) is 4.67. The van der Waals surface area contributed by atoms with Crippen molar-refractivity contribution >= 4 is 17.3 Å². The largest absolute Gasteiger partial charge is 0.372 e. The molecule has 0 saturated heterocycles. The van der Waals surface area contributed by atoms with Gasteiger partial charge < -0.3 is 19.9 Å². The number of ether oxygens (including phenoxy) is 1. The van der Waals surface area contributed by atoms with Crippen LogP contribution in [0.25, 0.3) is 0 Å². The first kappa shape index (κ1) is 23.0. The van der Waals surface area contributed by atoms with Gasteiger partial charge in [0.05, 0.1) is 24.0 Å². The first-order valence-electron chi connectivity index (χ1n) is 11.5. The Hall–Kier alpha value is -3.22. The van der Waals surface area contributed by atoms with Gasteiger partial charge in [-0.3, -0.25) is 9.78 Å². The van der Waals surface area contributed by atoms with E-state index in [4.69, 9.17) is 4.74 Å². The maximum absolute atomic E-state index is 13.4. The third-order valence-electron chi connectivity index (χ3n) is 6.07. The smallest absolute Gasteiger partial charge is 0.262 e. The van der Waals surface area contributed by atoms with Crippen LogP contribution in [0.15, 0.2) is 66.9 Å². The number of fused-ring (bicyclic) bond motifs is 1. The fourth-order valence-electron chi connectivity index (χ4n) is 4.19. The lowest BCUT2D eigenvalue weighted by atomic mass is 10.1. The van der Waals surface area contributed by atoms with Crippen molar-refractivity contribution in [2.75, 3.05) is 43.5 Å². The van der Waals surface area contributed by atoms with Crippen molar-refractivity contribution in [2.24, 2.45) is 0 Å². The van der Waals surface area contributed by atoms with Gasteiger partial charge in [-0.1, -0.05) is 42.5 Å². The maximum atomic E-state index is 13.4. The molecule has 1 aromatic heterocycles. The first-order chi connectivity index (χ1) is 16.1. The lowest BCUT2D eigenvalue weighted by molar-refractivity contribution is 0.0344. The molecule has 3 aromatic rings. The molecule has 0 bridgehead atoms. The number of pyridine rings is 1. The highest BCUT2D eigenvalue weighted by Crippen LogP contribution is 2.29. The lowest BCUT2D eigenvalue weighted by Crippen LogP contribution is -2.33. The van der Waals surface area contributed by atoms with Crippen LogP contribution < -0.4 is 15.1 Å². The molecule has 1 amide bonds. The van der Waals surface area contributed by atoms with Gasteiger partial charge in [-0.2, -0.15) is 0 Å². The van der Waals surface area contributed by atoms with Crippen LogP contribution in [0.2, 0.25) is 0 Å². The second-order valence-corrected chi connectivity index (χ2v) is 8.49. The predicted octanol–water partition coefficient (Wildman–Crippen LogP) is 4.35. The number of nitrogens with one attached hydrogen (secondary N) is 1. The molecule has 0 spiro atoms. The number of benzene rings is 2. The minimum Gasteiger partial charge on any atom is -0.372 e. The van der Waals surface area contributed by atoms with Gasteiger partial charge in [0.1, 0.15) is 0 Å². The zero-order chi connectivity index (χ0) is 23.2. The van der Waals surface area contributed by atoms with E-state index < -0.39 is 0 Å². The number of aromatic nitrogens is 1. The van der Waals surface area contributed by atoms with Gasteiger partial charge in [-0.05, 0) is 56.3 Å². The molecule has 0 radical (unpaired) electrons. The van der Waals surface area contributed by atoms with Crippen LogP contribution in [-0.2, 0) is 11.3 Å². The monoisotopic (exact) mass is 444 g/mol. The Balaban J connectivity index is 1.52. The van der Waals surface area contributed by atoms with Crippen molar-refractivity contribution in [3.8, 4) is 0 Å². The fraction of sp³-hybridized carbons (Fsp3) is 0.333. The number of hydrogen-bond donors (Lipinski definition) is 1. The summed E-state index contributed by atoms with van der Waals surface area (Å²) >= 11 is 0. The van der Waals surface area contributed by atoms with Crippen LogP contribution in [0, 0.1) is 6.92 Å². The number of carbonyl (C=O) groups is 1. The Kier molecular flexibility index (Phi) is 7.37. The van der Waals surface area contributed by atoms with Gasteiger partial charge in [0.15, 0.2) is 0 Å². The normalized spacial score (nSPS) is 14.7. The number of rotatable bonds is 8. The Labute approximate surface area is 196 Å². The van der Waals surface area contributed by atoms with Crippen LogP contribution >= 0.6 is 0 Å². The van der Waals surface area contributed by atoms with Gasteiger partial charge in [0, 0.05) is 37.7 Å². The fourth-order valence-corrected chi connectivity index (χ4v) is 4.19. The summed E-state index contributed by atoms with van der Waals surface area (Å²) in [6, 6.07) is 20.4. The van der Waals surface area contributed by atoms with E-state index in [9.17, 15) is 4.79 Å². The van der Waals surface area contributed by atoms with Crippen molar-refractivity contribution in [3.05, 3.63) is 89.2 Å². The molecular weight excluding hydrogens is 412 g/mol. The predicted molar refractivity (Wildman–Crippen MR) is 133 cm³/mol. The topological polar surface area (TPSA) is 57.7 Å². The Bertz CT molecular complexity index is 1090. The first-order valence-corrected chi connectivity index (χ1v) is 11.5. The lowest BCUT2D eigenvalue weighted by Gasteiger charge is -2.22. The maximum Gasteiger partial charge on any atom is 0.262 e. The molecule has 0 saturated carbocycles. The van der Waals surface area contributed by atoms with Gasteiger partial charge in [0.2, 0.25) is 0 Å². The molecule has 33 heavy (non-hydrogen) atoms. The standard InChI is InChI=1S/C27H32N4O2/c1-20-16-25-24(18-29-20)27(32)31(15-14-30(25)3)23-11-7-8-21(17-23)19-33-26(12-13-28-2)22-9-5-4-6-10-22/h4-11,16-18,26,28H,12-15,19H2,1-3H3. The molecule has 2 aromatic carbocycles. The van der Waals surface area contributed by atoms with Crippen LogP contribution in [0.3, 0.4) is 0 Å². The van der Waals surface area contributed by atoms with E-state index in [0.29, 0.717) is 18.7 Å². The highest BCUT2D eigenvalue weighted by atomic mass is 16.5. The van der Waals surface area contributed by atoms with E-state index in [-0.39, 0.29) is 12.0 Å². The number of anilines is 2. The van der Waals surface area contributed by atoms with E-state index in [0.717, 1.165) is 42.1 Å². The van der Waals surface area contributed by atoms with Gasteiger partial charge >= 0.3 is 0 Å². The molecule has 1 aliphatic rings. The van der Waals surface area contributed by atoms with Gasteiger partial charge in [0.25, 0.3) is 5.91 Å². The van der Waals surface area contributed by atoms with Crippen molar-refractivity contribution in [1.29, 1.82) is 0 Å². The summed E-state index contributed by atoms with van der Waals surface area (Å²) in [5.74, 6) is -0.0175. The molecule has 4 rings (SSSR count). The summed E-state index contributed by atoms with van der Waals surface area (Å²) in [6.07, 6.45) is 2.60. The van der Waals surface area contributed by atoms with Crippen molar-refractivity contribution in [2.45, 2.75) is 26.1 Å². The number of hydrogen-bond acceptors (Lipinski definition) is 5. The second-order valence-electron chi connectivity index (χ2n) is 8.49. The van der Waals surface area contributed by atoms with Crippen LogP contribution in [0.4, 0.5) is 11.4 Å². The quantitative estimate of drug-likeness (QED) is 0.560. The number of nitrogens with zero attached hydrogens (tertiary/aromatic N) is 3. The van der Waals surface area contributed by atoms with Crippen molar-refractivity contribution in [3.63, 3.8) is 0 Å². The molecular formula is C27H32N4O2. The molecule has 0 aliphatic carbocycles. The molecule has 1 aliphatic heterocycles. The molecule has 1 N–H and O–H groups in total. The summed E-state index contributed by atoms with van der Waals surface area (Å²) < 4.78 is 6.33. The zero-order valence-electron chi connectivity index (χ0n) is 19.6. The van der Waals surface area contributed by atoms with E-state index in [1.165, 1.54) is 5.56 Å². The minimum absolute atomic E-state index is 0.0111. The van der Waals surface area contributed by atoms with E-state index in [1.54, 1.807) is 6.20 Å². The average molecular weight is 445 g/mol. The molecule has 6 heteroatoms. The Morgan fingerprint density at radius 3 is 2.70 bits per heavy atom. The molecule has 172 valence electrons. The van der Waals surface area contributed by atoms with Crippen LogP contribution in [-0.4, -0.2) is 44.6 Å². The molecule has 2 heterocycles. The molecule has 6 nitrogen and oxygen atoms in total. The van der Waals surface area contributed by atoms with Gasteiger partial charge in [-0.25, -0.2) is 0 Å². The summed E-state index contributed by atoms with van der Waals surface area (Å²) in [5, 5.41) is 3.21. The Morgan fingerprint density at radius 1 is 1.09 bits per heavy atom. The summed E-state index contributed by atoms with van der Waals surface area (Å²) in [5.41, 5.74) is 5.59. The number of amides is 1. The third kappa shape index (κ3) is 5.41. The Morgan fingerprint density at radius 2 is 1.91 bits per heavy atom. The zero-order valence-corrected chi connectivity index (χ0v) is 19.6. The van der Waals surface area contributed by atoms with E-state index in [2.05, 4.69) is 39.5 Å². The number of carbonyl (C=O) groups excluding carboxylic acids is 1. The molecule has 1 atom stereocenters. The van der Waals surface area contributed by atoms with Crippen LogP contribution in [0.1, 0.15) is 39.7 Å². The summed E-state index contributed by atoms with van der Waals surface area (Å²) in [4.78, 5) is 21.7. The summed E-state index contributed by atoms with van der Waals surface area (Å²) in [7, 11) is 3.98. The third-order valence-corrected chi connectivity index (χ3v) is 6.07. The highest BCUT2D eigenvalue weighted by Gasteiger charge is 2.26. The van der Waals surface area contributed by atoms with E-state index in [1.807, 2.05) is 62.3 Å². The van der Waals surface area contributed by atoms with Crippen LogP contribution in [0.5, 0.6) is 0 Å². The molecule has 1 unspecified atom stereocenters. The van der Waals surface area contributed by atoms with Gasteiger partial charge in [-0.15, -0.1) is 0 Å².